The Hall–Kier alpha value is -3.29. The molecule has 2 aliphatic rings. The summed E-state index contributed by atoms with van der Waals surface area (Å²) in [5, 5.41) is 12.0. The average molecular weight is 477 g/mol. The van der Waals surface area contributed by atoms with Gasteiger partial charge < -0.3 is 19.4 Å². The van der Waals surface area contributed by atoms with Gasteiger partial charge in [0.1, 0.15) is 5.75 Å². The molecule has 2 aromatic carbocycles. The number of ether oxygens (including phenoxy) is 2. The number of carbonyl (C=O) groups is 1. The van der Waals surface area contributed by atoms with Crippen LogP contribution in [-0.2, 0) is 13.0 Å². The molecule has 0 spiro atoms. The number of aromatic nitrogens is 3. The highest BCUT2D eigenvalue weighted by Gasteiger charge is 2.30. The fourth-order valence-electron chi connectivity index (χ4n) is 4.95. The van der Waals surface area contributed by atoms with Crippen LogP contribution in [0.4, 0.5) is 0 Å². The second kappa shape index (κ2) is 8.49. The summed E-state index contributed by atoms with van der Waals surface area (Å²) in [5.74, 6) is 1.84. The number of hydrogen-bond acceptors (Lipinski definition) is 5. The molecule has 174 valence electrons. The van der Waals surface area contributed by atoms with Crippen LogP contribution in [0.25, 0.3) is 22.0 Å². The van der Waals surface area contributed by atoms with E-state index in [1.807, 2.05) is 36.5 Å². The zero-order valence-electron chi connectivity index (χ0n) is 18.8. The molecule has 2 N–H and O–H groups in total. The largest absolute Gasteiger partial charge is 0.493 e. The molecule has 1 fully saturated rings. The van der Waals surface area contributed by atoms with Gasteiger partial charge in [-0.1, -0.05) is 23.7 Å². The number of rotatable bonds is 6. The Morgan fingerprint density at radius 2 is 2.15 bits per heavy atom. The summed E-state index contributed by atoms with van der Waals surface area (Å²) < 4.78 is 13.6. The van der Waals surface area contributed by atoms with Crippen molar-refractivity contribution in [3.63, 3.8) is 0 Å². The monoisotopic (exact) mass is 476 g/mol. The fourth-order valence-corrected chi connectivity index (χ4v) is 5.14. The van der Waals surface area contributed by atoms with E-state index in [0.717, 1.165) is 58.5 Å². The minimum Gasteiger partial charge on any atom is -0.493 e. The summed E-state index contributed by atoms with van der Waals surface area (Å²) in [5.41, 5.74) is 4.65. The van der Waals surface area contributed by atoms with E-state index in [1.165, 1.54) is 0 Å². The van der Waals surface area contributed by atoms with Crippen molar-refractivity contribution in [2.45, 2.75) is 13.0 Å². The van der Waals surface area contributed by atoms with Gasteiger partial charge in [0, 0.05) is 53.2 Å². The Kier molecular flexibility index (Phi) is 5.31. The highest BCUT2D eigenvalue weighted by molar-refractivity contribution is 6.30. The molecule has 0 amide bonds. The molecule has 1 unspecified atom stereocenters. The Balaban J connectivity index is 1.39. The van der Waals surface area contributed by atoms with Crippen molar-refractivity contribution in [2.75, 3.05) is 26.8 Å². The molecular weight excluding hydrogens is 452 g/mol. The van der Waals surface area contributed by atoms with Crippen LogP contribution in [0.3, 0.4) is 0 Å². The molecule has 0 saturated carbocycles. The minimum absolute atomic E-state index is 0.106. The van der Waals surface area contributed by atoms with Crippen molar-refractivity contribution in [3.05, 3.63) is 64.9 Å². The zero-order valence-corrected chi connectivity index (χ0v) is 19.6. The van der Waals surface area contributed by atoms with Gasteiger partial charge in [-0.05, 0) is 41.8 Å². The van der Waals surface area contributed by atoms with Crippen molar-refractivity contribution in [3.8, 4) is 22.8 Å². The number of benzene rings is 2. The van der Waals surface area contributed by atoms with Crippen molar-refractivity contribution in [1.29, 1.82) is 0 Å². The van der Waals surface area contributed by atoms with Crippen molar-refractivity contribution < 1.29 is 14.3 Å². The molecule has 2 aliphatic heterocycles. The predicted octanol–water partition coefficient (Wildman–Crippen LogP) is 4.35. The van der Waals surface area contributed by atoms with Gasteiger partial charge in [-0.15, -0.1) is 0 Å². The molecule has 1 atom stereocenters. The number of halogens is 1. The fraction of sp³-hybridized carbons (Fsp3) is 0.308. The lowest BCUT2D eigenvalue weighted by atomic mass is 9.89. The first-order valence-electron chi connectivity index (χ1n) is 11.5. The molecule has 34 heavy (non-hydrogen) atoms. The van der Waals surface area contributed by atoms with Gasteiger partial charge in [0.2, 0.25) is 5.88 Å². The predicted molar refractivity (Wildman–Crippen MR) is 131 cm³/mol. The number of fused-ring (bicyclic) bond motifs is 2. The highest BCUT2D eigenvalue weighted by Crippen LogP contribution is 2.35. The van der Waals surface area contributed by atoms with Gasteiger partial charge in [0.05, 0.1) is 31.4 Å². The first-order valence-corrected chi connectivity index (χ1v) is 11.9. The van der Waals surface area contributed by atoms with Crippen LogP contribution in [0.5, 0.6) is 11.6 Å². The topological polar surface area (TPSA) is 81.2 Å². The molecule has 0 aliphatic carbocycles. The number of ketones is 1. The van der Waals surface area contributed by atoms with Gasteiger partial charge in [0.15, 0.2) is 5.78 Å². The second-order valence-electron chi connectivity index (χ2n) is 9.10. The van der Waals surface area contributed by atoms with E-state index in [-0.39, 0.29) is 11.7 Å². The van der Waals surface area contributed by atoms with Crippen molar-refractivity contribution in [1.82, 2.24) is 20.1 Å². The lowest BCUT2D eigenvalue weighted by Gasteiger charge is -2.27. The molecule has 0 radical (unpaired) electrons. The van der Waals surface area contributed by atoms with Crippen LogP contribution in [0, 0.1) is 11.8 Å². The smallest absolute Gasteiger partial charge is 0.216 e. The maximum Gasteiger partial charge on any atom is 0.216 e. The molecule has 4 aromatic rings. The number of nitrogens with one attached hydrogen (secondary N) is 2. The van der Waals surface area contributed by atoms with E-state index in [0.29, 0.717) is 29.8 Å². The maximum atomic E-state index is 13.7. The quantitative estimate of drug-likeness (QED) is 0.404. The Labute approximate surface area is 202 Å². The van der Waals surface area contributed by atoms with Gasteiger partial charge in [-0.3, -0.25) is 4.79 Å². The van der Waals surface area contributed by atoms with E-state index < -0.39 is 0 Å². The molecular formula is C26H25ClN4O3. The number of carbonyl (C=O) groups excluding carboxylic acids is 1. The summed E-state index contributed by atoms with van der Waals surface area (Å²) in [4.78, 5) is 13.7. The van der Waals surface area contributed by atoms with E-state index in [4.69, 9.17) is 21.1 Å². The number of H-pyrrole nitrogens is 1. The van der Waals surface area contributed by atoms with Crippen LogP contribution in [-0.4, -0.2) is 47.4 Å². The third kappa shape index (κ3) is 3.65. The Morgan fingerprint density at radius 1 is 1.26 bits per heavy atom. The molecule has 8 heteroatoms. The second-order valence-corrected chi connectivity index (χ2v) is 9.53. The van der Waals surface area contributed by atoms with Crippen molar-refractivity contribution in [2.24, 2.45) is 11.8 Å². The van der Waals surface area contributed by atoms with Crippen LogP contribution in [0.15, 0.2) is 48.8 Å². The Bertz CT molecular complexity index is 1390. The summed E-state index contributed by atoms with van der Waals surface area (Å²) >= 11 is 6.18. The number of aromatic amines is 1. The standard InChI is InChI=1S/C26H25ClN4O3/c1-33-26-21(11-29-30-26)16-2-4-20-22(13-31(23(20)8-16)12-15-9-28-10-15)25(32)18-6-17-7-19(27)3-5-24(17)34-14-18/h2-5,7-8,11,13,15,18,28H,6,9-10,12,14H2,1H3,(H,29,30). The number of Topliss-reactive ketones (excluding diaryl/α,β-unsaturated/α-hetero) is 1. The molecule has 0 bridgehead atoms. The SMILES string of the molecule is COc1[nH]ncc1-c1ccc2c(C(=O)C3COc4ccc(Cl)cc4C3)cn(CC3CNC3)c2c1. The average Bonchev–Trinajstić information content (AvgIpc) is 3.44. The summed E-state index contributed by atoms with van der Waals surface area (Å²) in [6.45, 7) is 3.22. The zero-order chi connectivity index (χ0) is 23.2. The normalized spacial score (nSPS) is 17.8. The van der Waals surface area contributed by atoms with Gasteiger partial charge >= 0.3 is 0 Å². The van der Waals surface area contributed by atoms with Crippen LogP contribution in [0.2, 0.25) is 5.02 Å². The summed E-state index contributed by atoms with van der Waals surface area (Å²) in [6, 6.07) is 11.8. The molecule has 4 heterocycles. The first-order chi connectivity index (χ1) is 16.6. The van der Waals surface area contributed by atoms with Crippen LogP contribution in [0.1, 0.15) is 15.9 Å². The number of methoxy groups -OCH3 is 1. The van der Waals surface area contributed by atoms with E-state index >= 15 is 0 Å². The summed E-state index contributed by atoms with van der Waals surface area (Å²) in [7, 11) is 1.62. The van der Waals surface area contributed by atoms with Crippen LogP contribution >= 0.6 is 11.6 Å². The molecule has 2 aromatic heterocycles. The van der Waals surface area contributed by atoms with Crippen molar-refractivity contribution >= 4 is 28.3 Å². The third-order valence-corrected chi connectivity index (χ3v) is 7.12. The Morgan fingerprint density at radius 3 is 2.94 bits per heavy atom. The molecule has 7 nitrogen and oxygen atoms in total. The highest BCUT2D eigenvalue weighted by atomic mass is 35.5. The van der Waals surface area contributed by atoms with Crippen LogP contribution < -0.4 is 14.8 Å². The van der Waals surface area contributed by atoms with E-state index in [9.17, 15) is 4.79 Å². The van der Waals surface area contributed by atoms with Gasteiger partial charge in [-0.25, -0.2) is 5.10 Å². The summed E-state index contributed by atoms with van der Waals surface area (Å²) in [6.07, 6.45) is 4.41. The third-order valence-electron chi connectivity index (χ3n) is 6.89. The van der Waals surface area contributed by atoms with Gasteiger partial charge in [0.25, 0.3) is 0 Å². The maximum absolute atomic E-state index is 13.7. The first kappa shape index (κ1) is 21.3. The molecule has 6 rings (SSSR count). The van der Waals surface area contributed by atoms with E-state index in [2.05, 4.69) is 26.1 Å². The van der Waals surface area contributed by atoms with Gasteiger partial charge in [-0.2, -0.15) is 5.10 Å². The lowest BCUT2D eigenvalue weighted by molar-refractivity contribution is 0.0856. The number of nitrogens with zero attached hydrogens (tertiary/aromatic N) is 2. The molecule has 1 saturated heterocycles. The minimum atomic E-state index is -0.246. The van der Waals surface area contributed by atoms with E-state index in [1.54, 1.807) is 13.3 Å². The number of hydrogen-bond donors (Lipinski definition) is 2. The lowest BCUT2D eigenvalue weighted by Crippen LogP contribution is -2.44.